The zero-order valence-corrected chi connectivity index (χ0v) is 9.87. The van der Waals surface area contributed by atoms with Crippen LogP contribution < -0.4 is 11.1 Å². The molecule has 88 valence electrons. The van der Waals surface area contributed by atoms with Crippen LogP contribution in [0.15, 0.2) is 18.2 Å². The zero-order chi connectivity index (χ0) is 11.9. The summed E-state index contributed by atoms with van der Waals surface area (Å²) in [6.07, 6.45) is 5.50. The number of hydrogen-bond acceptors (Lipinski definition) is 3. The number of nitrogens with two attached hydrogens (primary N) is 1. The van der Waals surface area contributed by atoms with Crippen molar-refractivity contribution in [1.29, 1.82) is 5.26 Å². The Hall–Kier alpha value is -1.69. The van der Waals surface area contributed by atoms with Crippen molar-refractivity contribution in [2.45, 2.75) is 25.7 Å². The minimum atomic E-state index is 0.551. The lowest BCUT2D eigenvalue weighted by Gasteiger charge is -2.17. The van der Waals surface area contributed by atoms with Gasteiger partial charge in [-0.15, -0.1) is 0 Å². The van der Waals surface area contributed by atoms with Crippen molar-refractivity contribution in [3.8, 4) is 6.07 Å². The molecule has 2 aliphatic rings. The molecule has 2 aliphatic carbocycles. The molecule has 2 saturated carbocycles. The SMILES string of the molecule is N#Cc1ccc(N)c(NCC2(C3CC3)CC2)c1. The van der Waals surface area contributed by atoms with Gasteiger partial charge in [-0.05, 0) is 55.2 Å². The fourth-order valence-corrected chi connectivity index (χ4v) is 2.64. The van der Waals surface area contributed by atoms with Crippen molar-refractivity contribution in [2.75, 3.05) is 17.6 Å². The van der Waals surface area contributed by atoms with Crippen LogP contribution in [0.5, 0.6) is 0 Å². The van der Waals surface area contributed by atoms with Gasteiger partial charge in [-0.2, -0.15) is 5.26 Å². The topological polar surface area (TPSA) is 61.8 Å². The van der Waals surface area contributed by atoms with E-state index in [1.807, 2.05) is 6.07 Å². The first-order valence-corrected chi connectivity index (χ1v) is 6.27. The van der Waals surface area contributed by atoms with Gasteiger partial charge in [0.2, 0.25) is 0 Å². The maximum Gasteiger partial charge on any atom is 0.0992 e. The summed E-state index contributed by atoms with van der Waals surface area (Å²) in [4.78, 5) is 0. The lowest BCUT2D eigenvalue weighted by Crippen LogP contribution is -2.18. The molecule has 0 aliphatic heterocycles. The van der Waals surface area contributed by atoms with Crippen molar-refractivity contribution in [3.63, 3.8) is 0 Å². The number of nitrogens with zero attached hydrogens (tertiary/aromatic N) is 1. The monoisotopic (exact) mass is 227 g/mol. The van der Waals surface area contributed by atoms with Crippen molar-refractivity contribution in [2.24, 2.45) is 11.3 Å². The molecule has 0 atom stereocenters. The van der Waals surface area contributed by atoms with E-state index in [0.29, 0.717) is 11.0 Å². The van der Waals surface area contributed by atoms with E-state index < -0.39 is 0 Å². The van der Waals surface area contributed by atoms with E-state index in [0.717, 1.165) is 23.8 Å². The zero-order valence-electron chi connectivity index (χ0n) is 9.87. The molecule has 2 fully saturated rings. The molecule has 3 heteroatoms. The van der Waals surface area contributed by atoms with Crippen LogP contribution in [-0.2, 0) is 0 Å². The van der Waals surface area contributed by atoms with Crippen molar-refractivity contribution in [3.05, 3.63) is 23.8 Å². The van der Waals surface area contributed by atoms with Crippen LogP contribution in [0.25, 0.3) is 0 Å². The van der Waals surface area contributed by atoms with Crippen LogP contribution in [0.1, 0.15) is 31.2 Å². The van der Waals surface area contributed by atoms with E-state index in [1.54, 1.807) is 12.1 Å². The van der Waals surface area contributed by atoms with Gasteiger partial charge in [-0.3, -0.25) is 0 Å². The fraction of sp³-hybridized carbons (Fsp3) is 0.500. The molecule has 1 aromatic carbocycles. The van der Waals surface area contributed by atoms with Gasteiger partial charge in [0.05, 0.1) is 23.0 Å². The van der Waals surface area contributed by atoms with Crippen molar-refractivity contribution < 1.29 is 0 Å². The Morgan fingerprint density at radius 1 is 1.41 bits per heavy atom. The molecule has 17 heavy (non-hydrogen) atoms. The number of rotatable bonds is 4. The summed E-state index contributed by atoms with van der Waals surface area (Å²) in [7, 11) is 0. The molecule has 0 bridgehead atoms. The highest BCUT2D eigenvalue weighted by Gasteiger charge is 2.53. The van der Waals surface area contributed by atoms with Gasteiger partial charge in [0.1, 0.15) is 0 Å². The van der Waals surface area contributed by atoms with Crippen LogP contribution in [-0.4, -0.2) is 6.54 Å². The van der Waals surface area contributed by atoms with Crippen molar-refractivity contribution >= 4 is 11.4 Å². The molecule has 3 rings (SSSR count). The van der Waals surface area contributed by atoms with Crippen LogP contribution in [0.2, 0.25) is 0 Å². The quantitative estimate of drug-likeness (QED) is 0.777. The Labute approximate surface area is 102 Å². The van der Waals surface area contributed by atoms with Crippen LogP contribution in [0.3, 0.4) is 0 Å². The molecule has 3 N–H and O–H groups in total. The van der Waals surface area contributed by atoms with Gasteiger partial charge in [-0.25, -0.2) is 0 Å². The van der Waals surface area contributed by atoms with E-state index in [9.17, 15) is 0 Å². The van der Waals surface area contributed by atoms with Gasteiger partial charge in [0.25, 0.3) is 0 Å². The molecule has 0 saturated heterocycles. The lowest BCUT2D eigenvalue weighted by molar-refractivity contribution is 0.467. The maximum atomic E-state index is 8.87. The Kier molecular flexibility index (Phi) is 2.25. The first-order valence-electron chi connectivity index (χ1n) is 6.27. The van der Waals surface area contributed by atoms with Crippen LogP contribution >= 0.6 is 0 Å². The second-order valence-electron chi connectivity index (χ2n) is 5.40. The van der Waals surface area contributed by atoms with E-state index in [2.05, 4.69) is 11.4 Å². The van der Waals surface area contributed by atoms with E-state index in [1.165, 1.54) is 25.7 Å². The van der Waals surface area contributed by atoms with Crippen LogP contribution in [0, 0.1) is 22.7 Å². The molecule has 0 spiro atoms. The molecule has 0 aromatic heterocycles. The van der Waals surface area contributed by atoms with Crippen LogP contribution in [0.4, 0.5) is 11.4 Å². The smallest absolute Gasteiger partial charge is 0.0992 e. The molecule has 0 heterocycles. The highest BCUT2D eigenvalue weighted by atomic mass is 14.9. The summed E-state index contributed by atoms with van der Waals surface area (Å²) in [6, 6.07) is 7.55. The lowest BCUT2D eigenvalue weighted by atomic mass is 10.0. The van der Waals surface area contributed by atoms with E-state index in [-0.39, 0.29) is 0 Å². The number of hydrogen-bond donors (Lipinski definition) is 2. The number of anilines is 2. The normalized spacial score (nSPS) is 20.6. The first-order chi connectivity index (χ1) is 8.23. The molecular weight excluding hydrogens is 210 g/mol. The Morgan fingerprint density at radius 2 is 2.18 bits per heavy atom. The van der Waals surface area contributed by atoms with E-state index >= 15 is 0 Å². The number of nitriles is 1. The molecule has 0 amide bonds. The van der Waals surface area contributed by atoms with Gasteiger partial charge < -0.3 is 11.1 Å². The average Bonchev–Trinajstić information content (AvgIpc) is 3.19. The van der Waals surface area contributed by atoms with Gasteiger partial charge in [-0.1, -0.05) is 0 Å². The molecule has 3 nitrogen and oxygen atoms in total. The summed E-state index contributed by atoms with van der Waals surface area (Å²) in [5.41, 5.74) is 8.77. The first kappa shape index (κ1) is 10.5. The second kappa shape index (κ2) is 3.66. The largest absolute Gasteiger partial charge is 0.397 e. The van der Waals surface area contributed by atoms with Gasteiger partial charge in [0, 0.05) is 6.54 Å². The Bertz CT molecular complexity index is 479. The summed E-state index contributed by atoms with van der Waals surface area (Å²) < 4.78 is 0. The summed E-state index contributed by atoms with van der Waals surface area (Å²) in [5, 5.41) is 12.3. The number of benzene rings is 1. The Morgan fingerprint density at radius 3 is 2.76 bits per heavy atom. The summed E-state index contributed by atoms with van der Waals surface area (Å²) in [5.74, 6) is 0.940. The third kappa shape index (κ3) is 1.95. The molecule has 0 radical (unpaired) electrons. The van der Waals surface area contributed by atoms with E-state index in [4.69, 9.17) is 11.0 Å². The summed E-state index contributed by atoms with van der Waals surface area (Å²) >= 11 is 0. The third-order valence-electron chi connectivity index (χ3n) is 4.15. The fourth-order valence-electron chi connectivity index (χ4n) is 2.64. The highest BCUT2D eigenvalue weighted by molar-refractivity contribution is 5.68. The second-order valence-corrected chi connectivity index (χ2v) is 5.40. The molecule has 0 unspecified atom stereocenters. The van der Waals surface area contributed by atoms with Gasteiger partial charge in [0.15, 0.2) is 0 Å². The maximum absolute atomic E-state index is 8.87. The molecular formula is C14H17N3. The third-order valence-corrected chi connectivity index (χ3v) is 4.15. The minimum absolute atomic E-state index is 0.551. The van der Waals surface area contributed by atoms with Crippen molar-refractivity contribution in [1.82, 2.24) is 0 Å². The highest BCUT2D eigenvalue weighted by Crippen LogP contribution is 2.61. The number of nitrogens with one attached hydrogen (secondary N) is 1. The Balaban J connectivity index is 1.70. The predicted octanol–water partition coefficient (Wildman–Crippen LogP) is 2.74. The number of nitrogen functional groups attached to an aromatic ring is 1. The predicted molar refractivity (Wildman–Crippen MR) is 68.5 cm³/mol. The minimum Gasteiger partial charge on any atom is -0.397 e. The van der Waals surface area contributed by atoms with Gasteiger partial charge >= 0.3 is 0 Å². The standard InChI is InChI=1S/C14H17N3/c15-8-10-1-4-12(16)13(7-10)17-9-14(5-6-14)11-2-3-11/h1,4,7,11,17H,2-3,5-6,9,16H2. The summed E-state index contributed by atoms with van der Waals surface area (Å²) in [6.45, 7) is 1.01. The molecule has 1 aromatic rings. The average molecular weight is 227 g/mol.